The number of nitrogens with one attached hydrogen (secondary N) is 1. The quantitative estimate of drug-likeness (QED) is 0.0320. The van der Waals surface area contributed by atoms with Gasteiger partial charge in [0.05, 0.1) is 25.4 Å². The molecule has 0 aliphatic rings. The van der Waals surface area contributed by atoms with Crippen LogP contribution < -0.4 is 5.32 Å². The van der Waals surface area contributed by atoms with E-state index in [1.54, 1.807) is 6.08 Å². The Bertz CT molecular complexity index is 1360. The van der Waals surface area contributed by atoms with Crippen molar-refractivity contribution < 1.29 is 24.5 Å². The van der Waals surface area contributed by atoms with Crippen molar-refractivity contribution in [2.24, 2.45) is 0 Å². The van der Waals surface area contributed by atoms with Crippen LogP contribution in [0.5, 0.6) is 0 Å². The molecular weight excluding hydrogens is 1030 g/mol. The second-order valence-corrected chi connectivity index (χ2v) is 26.3. The van der Waals surface area contributed by atoms with E-state index in [9.17, 15) is 19.8 Å². The lowest BCUT2D eigenvalue weighted by molar-refractivity contribution is -0.143. The van der Waals surface area contributed by atoms with Crippen LogP contribution in [0.2, 0.25) is 0 Å². The number of allylic oxidation sites excluding steroid dienone is 5. The van der Waals surface area contributed by atoms with Crippen LogP contribution in [0.15, 0.2) is 36.5 Å². The van der Waals surface area contributed by atoms with Crippen LogP contribution in [0.1, 0.15) is 425 Å². The lowest BCUT2D eigenvalue weighted by atomic mass is 10.0. The molecule has 2 unspecified atom stereocenters. The topological polar surface area (TPSA) is 95.9 Å². The van der Waals surface area contributed by atoms with Crippen molar-refractivity contribution in [1.29, 1.82) is 0 Å². The normalized spacial score (nSPS) is 12.7. The summed E-state index contributed by atoms with van der Waals surface area (Å²) in [4.78, 5) is 24.6. The van der Waals surface area contributed by atoms with E-state index in [4.69, 9.17) is 4.74 Å². The summed E-state index contributed by atoms with van der Waals surface area (Å²) in [6.07, 6.45) is 95.4. The fraction of sp³-hybridized carbons (Fsp3) is 0.897. The van der Waals surface area contributed by atoms with E-state index in [-0.39, 0.29) is 18.5 Å². The monoisotopic (exact) mass is 1180 g/mol. The van der Waals surface area contributed by atoms with Gasteiger partial charge in [0.25, 0.3) is 0 Å². The van der Waals surface area contributed by atoms with E-state index in [2.05, 4.69) is 43.5 Å². The van der Waals surface area contributed by atoms with Crippen LogP contribution in [0.25, 0.3) is 0 Å². The van der Waals surface area contributed by atoms with Crippen LogP contribution >= 0.6 is 0 Å². The molecule has 0 bridgehead atoms. The molecule has 6 nitrogen and oxygen atoms in total. The highest BCUT2D eigenvalue weighted by Crippen LogP contribution is 2.19. The van der Waals surface area contributed by atoms with Gasteiger partial charge in [-0.15, -0.1) is 0 Å². The number of aliphatic hydroxyl groups excluding tert-OH is 2. The molecule has 0 aromatic heterocycles. The molecule has 0 aromatic carbocycles. The minimum absolute atomic E-state index is 0.0119. The zero-order chi connectivity index (χ0) is 60.6. The van der Waals surface area contributed by atoms with E-state index < -0.39 is 12.1 Å². The zero-order valence-corrected chi connectivity index (χ0v) is 56.9. The van der Waals surface area contributed by atoms with Crippen LogP contribution in [-0.4, -0.2) is 47.4 Å². The van der Waals surface area contributed by atoms with Gasteiger partial charge < -0.3 is 20.3 Å². The van der Waals surface area contributed by atoms with Crippen molar-refractivity contribution >= 4 is 11.9 Å². The number of ether oxygens (including phenoxy) is 1. The van der Waals surface area contributed by atoms with Crippen LogP contribution in [0.3, 0.4) is 0 Å². The molecule has 0 rings (SSSR count). The maximum atomic E-state index is 12.5. The predicted octanol–water partition coefficient (Wildman–Crippen LogP) is 25.0. The minimum atomic E-state index is -0.843. The maximum Gasteiger partial charge on any atom is 0.305 e. The van der Waals surface area contributed by atoms with Gasteiger partial charge in [-0.2, -0.15) is 0 Å². The van der Waals surface area contributed by atoms with Gasteiger partial charge in [0.15, 0.2) is 0 Å². The first-order chi connectivity index (χ1) is 41.5. The third kappa shape index (κ3) is 69.2. The number of carbonyl (C=O) groups excluding carboxylic acids is 2. The van der Waals surface area contributed by atoms with Gasteiger partial charge in [0.1, 0.15) is 0 Å². The first kappa shape index (κ1) is 82.1. The first-order valence-electron chi connectivity index (χ1n) is 38.3. The van der Waals surface area contributed by atoms with Crippen molar-refractivity contribution in [2.75, 3.05) is 13.2 Å². The minimum Gasteiger partial charge on any atom is -0.466 e. The summed E-state index contributed by atoms with van der Waals surface area (Å²) in [5.41, 5.74) is 0. The van der Waals surface area contributed by atoms with Gasteiger partial charge in [0.2, 0.25) is 5.91 Å². The average molecular weight is 1180 g/mol. The van der Waals surface area contributed by atoms with Gasteiger partial charge in [-0.3, -0.25) is 9.59 Å². The first-order valence-corrected chi connectivity index (χ1v) is 38.3. The van der Waals surface area contributed by atoms with Gasteiger partial charge in [-0.1, -0.05) is 365 Å². The molecule has 0 saturated heterocycles. The van der Waals surface area contributed by atoms with Gasteiger partial charge >= 0.3 is 5.97 Å². The van der Waals surface area contributed by atoms with E-state index in [1.807, 2.05) is 6.08 Å². The third-order valence-electron chi connectivity index (χ3n) is 17.9. The summed E-state index contributed by atoms with van der Waals surface area (Å²) in [5.74, 6) is -0.0489. The molecule has 6 heteroatoms. The molecule has 0 aliphatic heterocycles. The average Bonchev–Trinajstić information content (AvgIpc) is 3.51. The van der Waals surface area contributed by atoms with Crippen molar-refractivity contribution in [3.63, 3.8) is 0 Å². The molecule has 0 fully saturated rings. The van der Waals surface area contributed by atoms with E-state index >= 15 is 0 Å². The Kier molecular flexibility index (Phi) is 71.9. The Balaban J connectivity index is 3.36. The van der Waals surface area contributed by atoms with Crippen molar-refractivity contribution in [1.82, 2.24) is 5.32 Å². The maximum absolute atomic E-state index is 12.5. The summed E-state index contributed by atoms with van der Waals surface area (Å²) in [7, 11) is 0. The number of amides is 1. The molecule has 0 saturated carbocycles. The Morgan fingerprint density at radius 2 is 0.560 bits per heavy atom. The summed E-state index contributed by atoms with van der Waals surface area (Å²) >= 11 is 0. The fourth-order valence-corrected chi connectivity index (χ4v) is 12.0. The number of rotatable bonds is 72. The molecule has 84 heavy (non-hydrogen) atoms. The number of aliphatic hydroxyl groups is 2. The van der Waals surface area contributed by atoms with Crippen molar-refractivity contribution in [3.8, 4) is 0 Å². The molecule has 0 radical (unpaired) electrons. The second kappa shape index (κ2) is 73.5. The fourth-order valence-electron chi connectivity index (χ4n) is 12.0. The third-order valence-corrected chi connectivity index (χ3v) is 17.9. The largest absolute Gasteiger partial charge is 0.466 e. The standard InChI is InChI=1S/C78H149NO5/c1-3-5-7-9-11-13-15-17-19-20-40-43-46-50-54-58-62-66-70-76(81)75(74-80)79-77(82)71-67-63-59-55-51-47-44-41-38-36-34-32-30-28-26-24-22-21-23-25-27-29-31-33-35-37-39-42-45-49-53-57-61-65-69-73-84-78(83)72-68-64-60-56-52-48-18-16-14-12-10-8-6-4-2/h16,18,23,25,66,70,75-76,80-81H,3-15,17,19-22,24,26-65,67-69,71-74H2,1-2H3,(H,79,82)/b18-16-,25-23-,70-66+. The lowest BCUT2D eigenvalue weighted by Crippen LogP contribution is -2.45. The number of hydrogen-bond donors (Lipinski definition) is 3. The van der Waals surface area contributed by atoms with E-state index in [0.717, 1.165) is 44.9 Å². The molecule has 496 valence electrons. The predicted molar refractivity (Wildman–Crippen MR) is 370 cm³/mol. The summed E-state index contributed by atoms with van der Waals surface area (Å²) in [6, 6.07) is -0.626. The molecule has 0 aromatic rings. The van der Waals surface area contributed by atoms with E-state index in [1.165, 1.54) is 353 Å². The van der Waals surface area contributed by atoms with Gasteiger partial charge in [-0.25, -0.2) is 0 Å². The smallest absolute Gasteiger partial charge is 0.305 e. The Morgan fingerprint density at radius 3 is 0.845 bits per heavy atom. The van der Waals surface area contributed by atoms with Crippen molar-refractivity contribution in [2.45, 2.75) is 437 Å². The molecule has 2 atom stereocenters. The highest BCUT2D eigenvalue weighted by atomic mass is 16.5. The highest BCUT2D eigenvalue weighted by molar-refractivity contribution is 5.76. The molecule has 0 heterocycles. The molecule has 0 aliphatic carbocycles. The van der Waals surface area contributed by atoms with Crippen LogP contribution in [0.4, 0.5) is 0 Å². The van der Waals surface area contributed by atoms with Gasteiger partial charge in [-0.05, 0) is 83.5 Å². The Labute approximate surface area is 525 Å². The zero-order valence-electron chi connectivity index (χ0n) is 56.9. The SMILES string of the molecule is CCCCCCC/C=C\CCCCCCCC(=O)OCCCCCCCCCCCCCCCC/C=C\CCCCCCCCCCCCCCCCCCCC(=O)NC(CO)C(O)/C=C/CCCCCCCCCCCCCCCCCC. The number of esters is 1. The summed E-state index contributed by atoms with van der Waals surface area (Å²) < 4.78 is 5.49. The Morgan fingerprint density at radius 1 is 0.321 bits per heavy atom. The number of unbranched alkanes of at least 4 members (excludes halogenated alkanes) is 57. The number of carbonyl (C=O) groups is 2. The van der Waals surface area contributed by atoms with Crippen molar-refractivity contribution in [3.05, 3.63) is 36.5 Å². The summed E-state index contributed by atoms with van der Waals surface area (Å²) in [6.45, 7) is 4.93. The van der Waals surface area contributed by atoms with Gasteiger partial charge in [0, 0.05) is 12.8 Å². The highest BCUT2D eigenvalue weighted by Gasteiger charge is 2.18. The molecule has 1 amide bonds. The number of hydrogen-bond acceptors (Lipinski definition) is 5. The molecule has 3 N–H and O–H groups in total. The van der Waals surface area contributed by atoms with Crippen LogP contribution in [0, 0.1) is 0 Å². The molecule has 0 spiro atoms. The molecular formula is C78H149NO5. The summed E-state index contributed by atoms with van der Waals surface area (Å²) in [5, 5.41) is 23.2. The Hall–Kier alpha value is -1.92. The van der Waals surface area contributed by atoms with Crippen LogP contribution in [-0.2, 0) is 14.3 Å². The lowest BCUT2D eigenvalue weighted by Gasteiger charge is -2.20. The van der Waals surface area contributed by atoms with E-state index in [0.29, 0.717) is 19.4 Å². The second-order valence-electron chi connectivity index (χ2n) is 26.3.